The predicted octanol–water partition coefficient (Wildman–Crippen LogP) is 10.4. The molecule has 0 aliphatic heterocycles. The van der Waals surface area contributed by atoms with Crippen molar-refractivity contribution in [2.24, 2.45) is 0 Å². The number of methoxy groups -OCH3 is 1. The molecule has 0 atom stereocenters. The van der Waals surface area contributed by atoms with Crippen molar-refractivity contribution in [1.29, 1.82) is 5.26 Å². The maximum absolute atomic E-state index is 9.04. The molecule has 0 aliphatic carbocycles. The van der Waals surface area contributed by atoms with E-state index in [4.69, 9.17) is 14.4 Å². The van der Waals surface area contributed by atoms with Crippen LogP contribution in [0.5, 0.6) is 5.75 Å². The maximum Gasteiger partial charge on any atom is 0.134 e. The number of rotatable bonds is 5. The Labute approximate surface area is 338 Å². The van der Waals surface area contributed by atoms with Gasteiger partial charge < -0.3 is 18.3 Å². The van der Waals surface area contributed by atoms with E-state index < -0.39 is 8.07 Å². The van der Waals surface area contributed by atoms with Gasteiger partial charge in [-0.1, -0.05) is 97.1 Å². The first kappa shape index (κ1) is 38.8. The van der Waals surface area contributed by atoms with E-state index in [0.717, 1.165) is 83.2 Å². The monoisotopic (exact) mass is 914 g/mol. The molecule has 0 N–H and O–H groups in total. The van der Waals surface area contributed by atoms with Crippen molar-refractivity contribution in [3.63, 3.8) is 0 Å². The van der Waals surface area contributed by atoms with Crippen LogP contribution in [0.25, 0.3) is 66.4 Å². The summed E-state index contributed by atoms with van der Waals surface area (Å²) < 4.78 is 15.4. The molecule has 5 nitrogen and oxygen atoms in total. The van der Waals surface area contributed by atoms with Gasteiger partial charge in [0.2, 0.25) is 0 Å². The third-order valence-corrected chi connectivity index (χ3v) is 12.1. The number of hydrogen-bond acceptors (Lipinski definition) is 3. The Bertz CT molecular complexity index is 2760. The van der Waals surface area contributed by atoms with Gasteiger partial charge in [-0.2, -0.15) is 36.3 Å². The summed E-state index contributed by atoms with van der Waals surface area (Å²) >= 11 is 0. The van der Waals surface area contributed by atoms with Crippen LogP contribution in [0.2, 0.25) is 19.6 Å². The Kier molecular flexibility index (Phi) is 10.9. The van der Waals surface area contributed by atoms with E-state index >= 15 is 0 Å². The second-order valence-electron chi connectivity index (χ2n) is 14.8. The number of pyridine rings is 2. The van der Waals surface area contributed by atoms with Crippen LogP contribution < -0.4 is 19.1 Å². The van der Waals surface area contributed by atoms with Crippen LogP contribution in [-0.4, -0.2) is 15.2 Å². The summed E-state index contributed by atoms with van der Waals surface area (Å²) in [5.74, 6) is 0.837. The minimum Gasteiger partial charge on any atom is -0.499 e. The summed E-state index contributed by atoms with van der Waals surface area (Å²) in [5, 5.41) is 14.9. The summed E-state index contributed by atoms with van der Waals surface area (Å²) in [4.78, 5) is 0. The largest absolute Gasteiger partial charge is 0.499 e. The molecule has 1 radical (unpaired) electrons. The SMILES string of the molecule is [CH2-]c1cc2oc3cc(-c4ccc(C#N)cc4)ccc3c2cc1-c1cc2ccccc2c[n+]1[CH2-].[CH2-]c1ccc(OC)cc1-c1cc(C)c([Si](C)(C)C)c[n+]1[CH2-].[Ir]. The molecule has 0 bridgehead atoms. The fourth-order valence-corrected chi connectivity index (χ4v) is 8.91. The third-order valence-electron chi connectivity index (χ3n) is 9.99. The maximum atomic E-state index is 9.04. The molecule has 0 fully saturated rings. The standard InChI is InChI=1S/C30H19N2O.C18H24NOSi.Ir/c1-19-13-29-27(16-26(19)28-14-22-5-3-4-6-24(22)18-32(28)2)25-12-11-23(15-30(25)33-29)21-9-7-20(17-31)8-10-21;1-13-8-9-15(20-4)11-16(13)17-10-14(2)18(12-19(17)3)21(5,6)7;/h3-16,18H,1-2H2;8-12H,1,3H2,2,4-7H3;/q2*-1;. The first-order valence-corrected chi connectivity index (χ1v) is 21.3. The molecule has 277 valence electrons. The van der Waals surface area contributed by atoms with Gasteiger partial charge in [-0.15, -0.1) is 23.3 Å². The van der Waals surface area contributed by atoms with Crippen LogP contribution in [0.3, 0.4) is 0 Å². The van der Waals surface area contributed by atoms with Crippen LogP contribution in [0.4, 0.5) is 0 Å². The topological polar surface area (TPSA) is 53.9 Å². The zero-order valence-electron chi connectivity index (χ0n) is 31.9. The van der Waals surface area contributed by atoms with Gasteiger partial charge >= 0.3 is 0 Å². The summed E-state index contributed by atoms with van der Waals surface area (Å²) in [5.41, 5.74) is 11.7. The molecule has 5 aromatic carbocycles. The number of furan rings is 1. The number of nitrogens with zero attached hydrogens (tertiary/aromatic N) is 3. The Morgan fingerprint density at radius 2 is 1.31 bits per heavy atom. The molecule has 0 spiro atoms. The molecule has 7 heteroatoms. The van der Waals surface area contributed by atoms with Gasteiger partial charge in [-0.3, -0.25) is 0 Å². The number of ether oxygens (including phenoxy) is 1. The van der Waals surface area contributed by atoms with Crippen molar-refractivity contribution in [3.8, 4) is 45.5 Å². The molecule has 55 heavy (non-hydrogen) atoms. The molecule has 0 unspecified atom stereocenters. The van der Waals surface area contributed by atoms with Crippen LogP contribution >= 0.6 is 0 Å². The van der Waals surface area contributed by atoms with E-state index in [1.807, 2.05) is 76.0 Å². The summed E-state index contributed by atoms with van der Waals surface area (Å²) in [6.45, 7) is 17.7. The summed E-state index contributed by atoms with van der Waals surface area (Å²) in [6.07, 6.45) is 4.22. The van der Waals surface area contributed by atoms with Crippen molar-refractivity contribution in [1.82, 2.24) is 0 Å². The second kappa shape index (κ2) is 15.4. The molecule has 3 heterocycles. The van der Waals surface area contributed by atoms with E-state index in [-0.39, 0.29) is 20.1 Å². The molecule has 3 aromatic heterocycles. The summed E-state index contributed by atoms with van der Waals surface area (Å²) in [7, 11) is 8.71. The van der Waals surface area contributed by atoms with Crippen molar-refractivity contribution < 1.29 is 38.4 Å². The van der Waals surface area contributed by atoms with E-state index in [0.29, 0.717) is 5.56 Å². The number of nitriles is 1. The minimum atomic E-state index is -1.37. The van der Waals surface area contributed by atoms with Gasteiger partial charge in [0.25, 0.3) is 0 Å². The van der Waals surface area contributed by atoms with Gasteiger partial charge in [0.1, 0.15) is 5.58 Å². The molecule has 0 aliphatic rings. The zero-order valence-corrected chi connectivity index (χ0v) is 35.3. The molecule has 0 saturated carbocycles. The fourth-order valence-electron chi connectivity index (χ4n) is 7.11. The molecular weight excluding hydrogens is 871 g/mol. The van der Waals surface area contributed by atoms with Gasteiger partial charge in [0.05, 0.1) is 61.9 Å². The molecule has 8 aromatic rings. The Morgan fingerprint density at radius 3 is 2.00 bits per heavy atom. The van der Waals surface area contributed by atoms with E-state index in [1.54, 1.807) is 7.11 Å². The number of benzene rings is 5. The average molecular weight is 914 g/mol. The Hall–Kier alpha value is -5.90. The summed E-state index contributed by atoms with van der Waals surface area (Å²) in [6, 6.07) is 38.7. The second-order valence-corrected chi connectivity index (χ2v) is 19.8. The molecule has 0 amide bonds. The molecule has 8 rings (SSSR count). The van der Waals surface area contributed by atoms with Gasteiger partial charge in [-0.05, 0) is 53.1 Å². The first-order valence-electron chi connectivity index (χ1n) is 17.8. The zero-order chi connectivity index (χ0) is 38.3. The van der Waals surface area contributed by atoms with Crippen molar-refractivity contribution in [2.75, 3.05) is 7.11 Å². The van der Waals surface area contributed by atoms with Crippen molar-refractivity contribution >= 4 is 46.0 Å². The quantitative estimate of drug-likeness (QED) is 0.0982. The Morgan fingerprint density at radius 1 is 0.673 bits per heavy atom. The van der Waals surface area contributed by atoms with E-state index in [9.17, 15) is 0 Å². The van der Waals surface area contributed by atoms with Gasteiger partial charge in [-0.25, -0.2) is 0 Å². The number of aryl methyl sites for hydroxylation is 1. The number of aromatic nitrogens is 2. The van der Waals surface area contributed by atoms with Crippen LogP contribution in [0.1, 0.15) is 22.3 Å². The molecular formula is C48H43IrN3O2Si-2. The predicted molar refractivity (Wildman–Crippen MR) is 224 cm³/mol. The third kappa shape index (κ3) is 7.71. The van der Waals surface area contributed by atoms with Crippen LogP contribution in [0, 0.1) is 46.2 Å². The fraction of sp³-hybridized carbons (Fsp3) is 0.104. The van der Waals surface area contributed by atoms with E-state index in [1.165, 1.54) is 10.8 Å². The smallest absolute Gasteiger partial charge is 0.134 e. The van der Waals surface area contributed by atoms with Crippen LogP contribution in [-0.2, 0) is 20.1 Å². The average Bonchev–Trinajstić information content (AvgIpc) is 3.51. The normalized spacial score (nSPS) is 11.1. The van der Waals surface area contributed by atoms with Crippen molar-refractivity contribution in [2.45, 2.75) is 26.6 Å². The Balaban J connectivity index is 0.000000204. The number of fused-ring (bicyclic) bond motifs is 4. The van der Waals surface area contributed by atoms with E-state index in [2.05, 4.69) is 115 Å². The van der Waals surface area contributed by atoms with Crippen LogP contribution in [0.15, 0.2) is 126 Å². The number of hydrogen-bond donors (Lipinski definition) is 0. The van der Waals surface area contributed by atoms with Crippen molar-refractivity contribution in [3.05, 3.63) is 172 Å². The first-order chi connectivity index (χ1) is 25.8. The minimum absolute atomic E-state index is 0. The van der Waals surface area contributed by atoms with Gasteiger partial charge in [0, 0.05) is 45.0 Å². The van der Waals surface area contributed by atoms with Gasteiger partial charge in [0.15, 0.2) is 0 Å². The molecule has 0 saturated heterocycles.